The summed E-state index contributed by atoms with van der Waals surface area (Å²) in [6.07, 6.45) is 0. The van der Waals surface area contributed by atoms with Gasteiger partial charge in [0.1, 0.15) is 5.82 Å². The molecule has 3 nitrogen and oxygen atoms in total. The highest BCUT2D eigenvalue weighted by Gasteiger charge is 2.26. The van der Waals surface area contributed by atoms with Gasteiger partial charge in [-0.3, -0.25) is 4.57 Å². The molecule has 0 heterocycles. The quantitative estimate of drug-likeness (QED) is 0.732. The first-order valence-electron chi connectivity index (χ1n) is 4.77. The van der Waals surface area contributed by atoms with Gasteiger partial charge in [-0.1, -0.05) is 6.07 Å². The molecule has 1 aromatic carbocycles. The molecule has 0 radical (unpaired) electrons. The highest BCUT2D eigenvalue weighted by molar-refractivity contribution is 7.62. The van der Waals surface area contributed by atoms with Crippen LogP contribution in [0.4, 0.5) is 4.39 Å². The maximum absolute atomic E-state index is 12.9. The molecule has 15 heavy (non-hydrogen) atoms. The van der Waals surface area contributed by atoms with Gasteiger partial charge in [0, 0.05) is 0 Å². The molecule has 0 aliphatic heterocycles. The van der Waals surface area contributed by atoms with Gasteiger partial charge in [-0.2, -0.15) is 0 Å². The predicted octanol–water partition coefficient (Wildman–Crippen LogP) is 2.72. The Morgan fingerprint density at radius 2 is 1.87 bits per heavy atom. The average Bonchev–Trinajstić information content (AvgIpc) is 2.18. The van der Waals surface area contributed by atoms with E-state index >= 15 is 0 Å². The molecule has 0 amide bonds. The van der Waals surface area contributed by atoms with E-state index in [0.717, 1.165) is 0 Å². The first kappa shape index (κ1) is 12.4. The zero-order valence-corrected chi connectivity index (χ0v) is 9.67. The van der Waals surface area contributed by atoms with Crippen molar-refractivity contribution >= 4 is 12.9 Å². The van der Waals surface area contributed by atoms with Gasteiger partial charge < -0.3 is 9.05 Å². The van der Waals surface area contributed by atoms with Crippen LogP contribution >= 0.6 is 7.60 Å². The fourth-order valence-electron chi connectivity index (χ4n) is 1.17. The minimum absolute atomic E-state index is 0.256. The third kappa shape index (κ3) is 3.13. The van der Waals surface area contributed by atoms with E-state index in [0.29, 0.717) is 0 Å². The van der Waals surface area contributed by atoms with Crippen molar-refractivity contribution in [1.82, 2.24) is 0 Å². The molecule has 0 N–H and O–H groups in total. The zero-order valence-electron chi connectivity index (χ0n) is 8.77. The summed E-state index contributed by atoms with van der Waals surface area (Å²) >= 11 is 0. The second kappa shape index (κ2) is 5.40. The second-order valence-corrected chi connectivity index (χ2v) is 4.84. The fourth-order valence-corrected chi connectivity index (χ4v) is 2.78. The highest BCUT2D eigenvalue weighted by atomic mass is 31.2. The Hall–Kier alpha value is -0.700. The first-order chi connectivity index (χ1) is 7.12. The Bertz CT molecular complexity index is 357. The maximum Gasteiger partial charge on any atom is 0.361 e. The Balaban J connectivity index is 3.03. The molecule has 0 aromatic heterocycles. The van der Waals surface area contributed by atoms with E-state index in [9.17, 15) is 8.96 Å². The summed E-state index contributed by atoms with van der Waals surface area (Å²) in [6, 6.07) is 5.47. The molecule has 5 heteroatoms. The molecule has 0 atom stereocenters. The Morgan fingerprint density at radius 3 is 2.33 bits per heavy atom. The van der Waals surface area contributed by atoms with Crippen molar-refractivity contribution in [3.8, 4) is 0 Å². The van der Waals surface area contributed by atoms with E-state index < -0.39 is 13.4 Å². The van der Waals surface area contributed by atoms with Crippen LogP contribution in [0.5, 0.6) is 0 Å². The van der Waals surface area contributed by atoms with Gasteiger partial charge in [-0.25, -0.2) is 4.39 Å². The van der Waals surface area contributed by atoms with Crippen LogP contribution in [-0.4, -0.2) is 13.2 Å². The van der Waals surface area contributed by atoms with Crippen molar-refractivity contribution in [3.63, 3.8) is 0 Å². The minimum Gasteiger partial charge on any atom is -0.305 e. The van der Waals surface area contributed by atoms with Crippen LogP contribution < -0.4 is 5.30 Å². The molecular weight excluding hydrogens is 218 g/mol. The van der Waals surface area contributed by atoms with Crippen LogP contribution in [0, 0.1) is 5.82 Å². The van der Waals surface area contributed by atoms with Gasteiger partial charge in [0.2, 0.25) is 0 Å². The Kier molecular flexibility index (Phi) is 4.45. The van der Waals surface area contributed by atoms with Crippen molar-refractivity contribution in [2.75, 3.05) is 13.2 Å². The third-order valence-electron chi connectivity index (χ3n) is 1.72. The van der Waals surface area contributed by atoms with Crippen LogP contribution in [-0.2, 0) is 13.6 Å². The smallest absolute Gasteiger partial charge is 0.305 e. The van der Waals surface area contributed by atoms with Crippen LogP contribution in [0.15, 0.2) is 24.3 Å². The molecule has 0 spiro atoms. The van der Waals surface area contributed by atoms with Crippen molar-refractivity contribution in [2.24, 2.45) is 0 Å². The Morgan fingerprint density at radius 1 is 1.27 bits per heavy atom. The van der Waals surface area contributed by atoms with E-state index in [-0.39, 0.29) is 18.5 Å². The topological polar surface area (TPSA) is 35.5 Å². The average molecular weight is 232 g/mol. The highest BCUT2D eigenvalue weighted by Crippen LogP contribution is 2.46. The molecule has 0 saturated heterocycles. The van der Waals surface area contributed by atoms with Gasteiger partial charge in [-0.15, -0.1) is 0 Å². The summed E-state index contributed by atoms with van der Waals surface area (Å²) in [5, 5.41) is 0.256. The number of hydrogen-bond donors (Lipinski definition) is 0. The predicted molar refractivity (Wildman–Crippen MR) is 56.9 cm³/mol. The summed E-state index contributed by atoms with van der Waals surface area (Å²) in [4.78, 5) is 0. The van der Waals surface area contributed by atoms with Gasteiger partial charge >= 0.3 is 7.60 Å². The number of rotatable bonds is 5. The molecule has 1 rings (SSSR count). The van der Waals surface area contributed by atoms with Gasteiger partial charge in [0.05, 0.1) is 18.5 Å². The molecule has 1 aromatic rings. The van der Waals surface area contributed by atoms with E-state index in [2.05, 4.69) is 0 Å². The second-order valence-electron chi connectivity index (χ2n) is 2.81. The lowest BCUT2D eigenvalue weighted by Gasteiger charge is -2.16. The fraction of sp³-hybridized carbons (Fsp3) is 0.400. The monoisotopic (exact) mass is 232 g/mol. The lowest BCUT2D eigenvalue weighted by atomic mass is 10.4. The number of benzene rings is 1. The maximum atomic E-state index is 12.9. The van der Waals surface area contributed by atoms with Crippen LogP contribution in [0.2, 0.25) is 0 Å². The lowest BCUT2D eigenvalue weighted by molar-refractivity contribution is 0.230. The summed E-state index contributed by atoms with van der Waals surface area (Å²) in [5.41, 5.74) is 0. The normalized spacial score (nSPS) is 11.7. The minimum atomic E-state index is -3.34. The zero-order chi connectivity index (χ0) is 11.3. The van der Waals surface area contributed by atoms with E-state index in [1.54, 1.807) is 13.8 Å². The van der Waals surface area contributed by atoms with Crippen molar-refractivity contribution in [1.29, 1.82) is 0 Å². The van der Waals surface area contributed by atoms with Gasteiger partial charge in [0.15, 0.2) is 0 Å². The van der Waals surface area contributed by atoms with Gasteiger partial charge in [0.25, 0.3) is 0 Å². The first-order valence-corrected chi connectivity index (χ1v) is 6.32. The standard InChI is InChI=1S/C10H14FO3P/c1-3-13-15(12,14-4-2)10-7-5-6-9(11)8-10/h5-8H,3-4H2,1-2H3. The van der Waals surface area contributed by atoms with E-state index in [4.69, 9.17) is 9.05 Å². The summed E-state index contributed by atoms with van der Waals surface area (Å²) < 4.78 is 35.3. The van der Waals surface area contributed by atoms with E-state index in [1.807, 2.05) is 0 Å². The van der Waals surface area contributed by atoms with Crippen molar-refractivity contribution in [2.45, 2.75) is 13.8 Å². The SMILES string of the molecule is CCOP(=O)(OCC)c1cccc(F)c1. The Labute approximate surface area is 88.7 Å². The lowest BCUT2D eigenvalue weighted by Crippen LogP contribution is -2.10. The van der Waals surface area contributed by atoms with Crippen LogP contribution in [0.25, 0.3) is 0 Å². The van der Waals surface area contributed by atoms with E-state index in [1.165, 1.54) is 24.3 Å². The number of halogens is 1. The van der Waals surface area contributed by atoms with Crippen LogP contribution in [0.1, 0.15) is 13.8 Å². The van der Waals surface area contributed by atoms with Crippen molar-refractivity contribution in [3.05, 3.63) is 30.1 Å². The summed E-state index contributed by atoms with van der Waals surface area (Å²) in [5.74, 6) is -0.452. The van der Waals surface area contributed by atoms with Gasteiger partial charge in [-0.05, 0) is 32.0 Å². The molecule has 0 aliphatic carbocycles. The molecule has 0 bridgehead atoms. The summed E-state index contributed by atoms with van der Waals surface area (Å²) in [7, 11) is -3.34. The number of hydrogen-bond acceptors (Lipinski definition) is 3. The molecule has 84 valence electrons. The largest absolute Gasteiger partial charge is 0.361 e. The molecule has 0 aliphatic rings. The molecule has 0 unspecified atom stereocenters. The van der Waals surface area contributed by atoms with Crippen LogP contribution in [0.3, 0.4) is 0 Å². The summed E-state index contributed by atoms with van der Waals surface area (Å²) in [6.45, 7) is 3.94. The molecular formula is C10H14FO3P. The molecule has 0 fully saturated rings. The van der Waals surface area contributed by atoms with Crippen molar-refractivity contribution < 1.29 is 18.0 Å². The molecule has 0 saturated carbocycles. The third-order valence-corrected chi connectivity index (χ3v) is 3.83.